The highest BCUT2D eigenvalue weighted by molar-refractivity contribution is 5.82. The SMILES string of the molecule is CNC(=O)[C@H]1[C@@H]2CN(Cc3ccccc3)C[C@@H]21. The molecule has 0 aromatic heterocycles. The van der Waals surface area contributed by atoms with Crippen LogP contribution in [0.5, 0.6) is 0 Å². The van der Waals surface area contributed by atoms with Gasteiger partial charge in [-0.05, 0) is 17.4 Å². The second-order valence-corrected chi connectivity index (χ2v) is 5.15. The first-order valence-electron chi connectivity index (χ1n) is 6.27. The Balaban J connectivity index is 1.54. The highest BCUT2D eigenvalue weighted by atomic mass is 16.2. The fraction of sp³-hybridized carbons (Fsp3) is 0.500. The van der Waals surface area contributed by atoms with Crippen LogP contribution in [0.25, 0.3) is 0 Å². The molecule has 0 unspecified atom stereocenters. The van der Waals surface area contributed by atoms with Crippen LogP contribution in [0.3, 0.4) is 0 Å². The highest BCUT2D eigenvalue weighted by Crippen LogP contribution is 2.51. The molecule has 3 atom stereocenters. The maximum Gasteiger partial charge on any atom is 0.223 e. The van der Waals surface area contributed by atoms with E-state index in [4.69, 9.17) is 0 Å². The Morgan fingerprint density at radius 2 is 1.94 bits per heavy atom. The zero-order valence-electron chi connectivity index (χ0n) is 10.1. The summed E-state index contributed by atoms with van der Waals surface area (Å²) in [5.41, 5.74) is 1.37. The number of carbonyl (C=O) groups is 1. The topological polar surface area (TPSA) is 32.3 Å². The number of piperidine rings is 1. The fourth-order valence-corrected chi connectivity index (χ4v) is 3.14. The maximum atomic E-state index is 11.5. The molecular weight excluding hydrogens is 212 g/mol. The van der Waals surface area contributed by atoms with Crippen molar-refractivity contribution in [2.24, 2.45) is 17.8 Å². The fourth-order valence-electron chi connectivity index (χ4n) is 3.14. The van der Waals surface area contributed by atoms with Gasteiger partial charge in [0.25, 0.3) is 0 Å². The van der Waals surface area contributed by atoms with Crippen LogP contribution in [-0.2, 0) is 11.3 Å². The molecule has 0 radical (unpaired) electrons. The molecule has 1 saturated heterocycles. The van der Waals surface area contributed by atoms with Gasteiger partial charge in [0.2, 0.25) is 5.91 Å². The lowest BCUT2D eigenvalue weighted by Gasteiger charge is -2.19. The van der Waals surface area contributed by atoms with Crippen LogP contribution in [0.4, 0.5) is 0 Å². The first kappa shape index (κ1) is 10.8. The van der Waals surface area contributed by atoms with Crippen molar-refractivity contribution in [3.8, 4) is 0 Å². The minimum absolute atomic E-state index is 0.236. The minimum atomic E-state index is 0.236. The minimum Gasteiger partial charge on any atom is -0.359 e. The molecule has 3 rings (SSSR count). The molecule has 1 heterocycles. The van der Waals surface area contributed by atoms with Crippen LogP contribution in [-0.4, -0.2) is 30.9 Å². The second kappa shape index (κ2) is 4.15. The normalized spacial score (nSPS) is 31.0. The molecule has 17 heavy (non-hydrogen) atoms. The van der Waals surface area contributed by atoms with Gasteiger partial charge < -0.3 is 5.32 Å². The van der Waals surface area contributed by atoms with Gasteiger partial charge in [-0.25, -0.2) is 0 Å². The predicted octanol–water partition coefficient (Wildman–Crippen LogP) is 1.11. The smallest absolute Gasteiger partial charge is 0.223 e. The van der Waals surface area contributed by atoms with E-state index < -0.39 is 0 Å². The van der Waals surface area contributed by atoms with E-state index in [1.54, 1.807) is 7.05 Å². The van der Waals surface area contributed by atoms with Gasteiger partial charge in [-0.1, -0.05) is 30.3 Å². The molecule has 1 aromatic carbocycles. The Morgan fingerprint density at radius 3 is 2.53 bits per heavy atom. The van der Waals surface area contributed by atoms with Gasteiger partial charge in [-0.2, -0.15) is 0 Å². The molecule has 90 valence electrons. The van der Waals surface area contributed by atoms with E-state index in [0.717, 1.165) is 19.6 Å². The third kappa shape index (κ3) is 1.95. The number of rotatable bonds is 3. The molecule has 3 nitrogen and oxygen atoms in total. The van der Waals surface area contributed by atoms with E-state index in [1.165, 1.54) is 5.56 Å². The quantitative estimate of drug-likeness (QED) is 0.843. The van der Waals surface area contributed by atoms with E-state index in [9.17, 15) is 4.79 Å². The Hall–Kier alpha value is -1.35. The average Bonchev–Trinajstić information content (AvgIpc) is 2.86. The lowest BCUT2D eigenvalue weighted by Crippen LogP contribution is -2.29. The summed E-state index contributed by atoms with van der Waals surface area (Å²) in [6.45, 7) is 3.18. The standard InChI is InChI=1S/C14H18N2O/c1-15-14(17)13-11-8-16(9-12(11)13)7-10-5-3-2-4-6-10/h2-6,11-13H,7-9H2,1H3,(H,15,17)/t11-,12+,13+. The Morgan fingerprint density at radius 1 is 1.29 bits per heavy atom. The van der Waals surface area contributed by atoms with Crippen molar-refractivity contribution in [1.82, 2.24) is 10.2 Å². The summed E-state index contributed by atoms with van der Waals surface area (Å²) < 4.78 is 0. The van der Waals surface area contributed by atoms with Crippen molar-refractivity contribution in [3.05, 3.63) is 35.9 Å². The number of hydrogen-bond donors (Lipinski definition) is 1. The van der Waals surface area contributed by atoms with Crippen molar-refractivity contribution >= 4 is 5.91 Å². The van der Waals surface area contributed by atoms with Crippen LogP contribution in [0.1, 0.15) is 5.56 Å². The van der Waals surface area contributed by atoms with Crippen molar-refractivity contribution in [2.45, 2.75) is 6.54 Å². The van der Waals surface area contributed by atoms with Crippen molar-refractivity contribution < 1.29 is 4.79 Å². The van der Waals surface area contributed by atoms with E-state index in [1.807, 2.05) is 6.07 Å². The van der Waals surface area contributed by atoms with Crippen LogP contribution >= 0.6 is 0 Å². The van der Waals surface area contributed by atoms with Crippen LogP contribution < -0.4 is 5.32 Å². The Labute approximate surface area is 102 Å². The van der Waals surface area contributed by atoms with E-state index >= 15 is 0 Å². The monoisotopic (exact) mass is 230 g/mol. The van der Waals surface area contributed by atoms with Gasteiger partial charge in [0, 0.05) is 32.6 Å². The first-order valence-corrected chi connectivity index (χ1v) is 6.27. The average molecular weight is 230 g/mol. The first-order chi connectivity index (χ1) is 8.29. The Kier molecular flexibility index (Phi) is 2.63. The number of fused-ring (bicyclic) bond motifs is 1. The molecule has 1 aliphatic carbocycles. The number of nitrogens with one attached hydrogen (secondary N) is 1. The summed E-state index contributed by atoms with van der Waals surface area (Å²) in [6, 6.07) is 10.5. The largest absolute Gasteiger partial charge is 0.359 e. The van der Waals surface area contributed by atoms with E-state index in [2.05, 4.69) is 34.5 Å². The predicted molar refractivity (Wildman–Crippen MR) is 66.3 cm³/mol. The van der Waals surface area contributed by atoms with Crippen molar-refractivity contribution in [2.75, 3.05) is 20.1 Å². The van der Waals surface area contributed by atoms with Gasteiger partial charge >= 0.3 is 0 Å². The molecule has 1 N–H and O–H groups in total. The van der Waals surface area contributed by atoms with Gasteiger partial charge in [0.1, 0.15) is 0 Å². The van der Waals surface area contributed by atoms with Gasteiger partial charge in [0.15, 0.2) is 0 Å². The molecule has 3 heteroatoms. The molecule has 2 aliphatic rings. The number of amides is 1. The number of likely N-dealkylation sites (tertiary alicyclic amines) is 1. The highest BCUT2D eigenvalue weighted by Gasteiger charge is 2.58. The van der Waals surface area contributed by atoms with Gasteiger partial charge in [0.05, 0.1) is 0 Å². The summed E-state index contributed by atoms with van der Waals surface area (Å²) in [6.07, 6.45) is 0. The molecule has 1 aromatic rings. The van der Waals surface area contributed by atoms with Crippen molar-refractivity contribution in [1.29, 1.82) is 0 Å². The molecule has 0 spiro atoms. The second-order valence-electron chi connectivity index (χ2n) is 5.15. The summed E-state index contributed by atoms with van der Waals surface area (Å²) in [5.74, 6) is 1.75. The Bertz CT molecular complexity index is 405. The molecular formula is C14H18N2O. The molecule has 1 saturated carbocycles. The van der Waals surface area contributed by atoms with E-state index in [-0.39, 0.29) is 5.91 Å². The third-order valence-corrected chi connectivity index (χ3v) is 4.07. The molecule has 0 bridgehead atoms. The lowest BCUT2D eigenvalue weighted by molar-refractivity contribution is -0.122. The lowest BCUT2D eigenvalue weighted by atomic mass is 10.2. The number of nitrogens with zero attached hydrogens (tertiary/aromatic N) is 1. The van der Waals surface area contributed by atoms with Crippen LogP contribution in [0.2, 0.25) is 0 Å². The maximum absolute atomic E-state index is 11.5. The van der Waals surface area contributed by atoms with Crippen LogP contribution in [0.15, 0.2) is 30.3 Å². The number of hydrogen-bond acceptors (Lipinski definition) is 2. The zero-order chi connectivity index (χ0) is 11.8. The van der Waals surface area contributed by atoms with Crippen LogP contribution in [0, 0.1) is 17.8 Å². The number of benzene rings is 1. The molecule has 1 aliphatic heterocycles. The molecule has 1 amide bonds. The van der Waals surface area contributed by atoms with Crippen molar-refractivity contribution in [3.63, 3.8) is 0 Å². The summed E-state index contributed by atoms with van der Waals surface area (Å²) in [5, 5.41) is 2.76. The van der Waals surface area contributed by atoms with Gasteiger partial charge in [-0.15, -0.1) is 0 Å². The number of carbonyl (C=O) groups excluding carboxylic acids is 1. The summed E-state index contributed by atoms with van der Waals surface area (Å²) in [7, 11) is 1.73. The summed E-state index contributed by atoms with van der Waals surface area (Å²) >= 11 is 0. The summed E-state index contributed by atoms with van der Waals surface area (Å²) in [4.78, 5) is 14.0. The van der Waals surface area contributed by atoms with Gasteiger partial charge in [-0.3, -0.25) is 9.69 Å². The zero-order valence-corrected chi connectivity index (χ0v) is 10.1. The molecule has 2 fully saturated rings. The van der Waals surface area contributed by atoms with E-state index in [0.29, 0.717) is 17.8 Å². The third-order valence-electron chi connectivity index (χ3n) is 4.07.